The van der Waals surface area contributed by atoms with E-state index in [4.69, 9.17) is 5.11 Å². The third-order valence-electron chi connectivity index (χ3n) is 2.02. The fourth-order valence-corrected chi connectivity index (χ4v) is 1.33. The molecule has 6 heteroatoms. The Morgan fingerprint density at radius 3 is 2.81 bits per heavy atom. The molecule has 0 aliphatic carbocycles. The van der Waals surface area contributed by atoms with Crippen molar-refractivity contribution in [3.8, 4) is 17.0 Å². The molecular weight excluding hydrogens is 210 g/mol. The summed E-state index contributed by atoms with van der Waals surface area (Å²) < 4.78 is 1.20. The SMILES string of the molecule is O=C(O)Cn1cc(-c2ccccc2O)nn1. The Hall–Kier alpha value is -2.37. The van der Waals surface area contributed by atoms with E-state index < -0.39 is 5.97 Å². The summed E-state index contributed by atoms with van der Waals surface area (Å²) in [4.78, 5) is 10.4. The van der Waals surface area contributed by atoms with Crippen molar-refractivity contribution in [2.24, 2.45) is 0 Å². The molecule has 16 heavy (non-hydrogen) atoms. The summed E-state index contributed by atoms with van der Waals surface area (Å²) in [7, 11) is 0. The van der Waals surface area contributed by atoms with Gasteiger partial charge in [0.25, 0.3) is 0 Å². The molecule has 1 aromatic heterocycles. The minimum atomic E-state index is -0.992. The summed E-state index contributed by atoms with van der Waals surface area (Å²) in [6, 6.07) is 6.67. The number of rotatable bonds is 3. The first-order chi connectivity index (χ1) is 7.66. The van der Waals surface area contributed by atoms with Crippen LogP contribution in [0.2, 0.25) is 0 Å². The lowest BCUT2D eigenvalue weighted by Crippen LogP contribution is -2.08. The van der Waals surface area contributed by atoms with E-state index in [1.54, 1.807) is 18.2 Å². The molecule has 0 radical (unpaired) electrons. The topological polar surface area (TPSA) is 88.2 Å². The lowest BCUT2D eigenvalue weighted by molar-refractivity contribution is -0.137. The van der Waals surface area contributed by atoms with Gasteiger partial charge in [0.2, 0.25) is 0 Å². The van der Waals surface area contributed by atoms with Gasteiger partial charge in [-0.25, -0.2) is 4.68 Å². The van der Waals surface area contributed by atoms with Crippen LogP contribution in [0.3, 0.4) is 0 Å². The molecule has 0 atom stereocenters. The number of benzene rings is 1. The zero-order chi connectivity index (χ0) is 11.5. The third kappa shape index (κ3) is 2.00. The Kier molecular flexibility index (Phi) is 2.55. The van der Waals surface area contributed by atoms with Gasteiger partial charge >= 0.3 is 5.97 Å². The first-order valence-electron chi connectivity index (χ1n) is 4.57. The van der Waals surface area contributed by atoms with Crippen molar-refractivity contribution in [3.05, 3.63) is 30.5 Å². The van der Waals surface area contributed by atoms with Crippen LogP contribution in [0.25, 0.3) is 11.3 Å². The van der Waals surface area contributed by atoms with Crippen LogP contribution in [0.5, 0.6) is 5.75 Å². The highest BCUT2D eigenvalue weighted by atomic mass is 16.4. The van der Waals surface area contributed by atoms with Crippen LogP contribution in [0.1, 0.15) is 0 Å². The van der Waals surface area contributed by atoms with E-state index in [1.807, 2.05) is 0 Å². The molecular formula is C10H9N3O3. The number of phenols is 1. The number of carboxylic acid groups (broad SMARTS) is 1. The molecule has 0 bridgehead atoms. The summed E-state index contributed by atoms with van der Waals surface area (Å²) in [5.74, 6) is -0.904. The zero-order valence-corrected chi connectivity index (χ0v) is 8.24. The monoisotopic (exact) mass is 219 g/mol. The van der Waals surface area contributed by atoms with E-state index >= 15 is 0 Å². The number of hydrogen-bond donors (Lipinski definition) is 2. The lowest BCUT2D eigenvalue weighted by atomic mass is 10.1. The number of para-hydroxylation sites is 1. The van der Waals surface area contributed by atoms with Gasteiger partial charge in [0.1, 0.15) is 18.0 Å². The number of carbonyl (C=O) groups is 1. The van der Waals surface area contributed by atoms with E-state index in [1.165, 1.54) is 16.9 Å². The van der Waals surface area contributed by atoms with Crippen LogP contribution < -0.4 is 0 Å². The smallest absolute Gasteiger partial charge is 0.325 e. The molecule has 2 N–H and O–H groups in total. The van der Waals surface area contributed by atoms with Gasteiger partial charge < -0.3 is 10.2 Å². The molecule has 0 aliphatic rings. The van der Waals surface area contributed by atoms with Gasteiger partial charge in [-0.05, 0) is 12.1 Å². The van der Waals surface area contributed by atoms with Crippen molar-refractivity contribution in [2.45, 2.75) is 6.54 Å². The first-order valence-corrected chi connectivity index (χ1v) is 4.57. The Morgan fingerprint density at radius 2 is 2.12 bits per heavy atom. The summed E-state index contributed by atoms with van der Waals surface area (Å²) in [5, 5.41) is 25.6. The number of aromatic hydroxyl groups is 1. The predicted octanol–water partition coefficient (Wildman–Crippen LogP) is 0.735. The van der Waals surface area contributed by atoms with Gasteiger partial charge in [-0.1, -0.05) is 17.3 Å². The van der Waals surface area contributed by atoms with Crippen molar-refractivity contribution < 1.29 is 15.0 Å². The minimum Gasteiger partial charge on any atom is -0.507 e. The van der Waals surface area contributed by atoms with Gasteiger partial charge in [0.15, 0.2) is 0 Å². The second-order valence-electron chi connectivity index (χ2n) is 3.21. The van der Waals surface area contributed by atoms with Crippen molar-refractivity contribution in [2.75, 3.05) is 0 Å². The molecule has 82 valence electrons. The number of hydrogen-bond acceptors (Lipinski definition) is 4. The predicted molar refractivity (Wildman–Crippen MR) is 54.8 cm³/mol. The van der Waals surface area contributed by atoms with Crippen LogP contribution in [0.15, 0.2) is 30.5 Å². The Balaban J connectivity index is 2.32. The average molecular weight is 219 g/mol. The fourth-order valence-electron chi connectivity index (χ4n) is 1.33. The number of aromatic nitrogens is 3. The fraction of sp³-hybridized carbons (Fsp3) is 0.100. The molecule has 1 aromatic carbocycles. The van der Waals surface area contributed by atoms with Gasteiger partial charge in [-0.2, -0.15) is 0 Å². The largest absolute Gasteiger partial charge is 0.507 e. The maximum atomic E-state index is 10.4. The van der Waals surface area contributed by atoms with Gasteiger partial charge in [-0.15, -0.1) is 5.10 Å². The molecule has 6 nitrogen and oxygen atoms in total. The summed E-state index contributed by atoms with van der Waals surface area (Å²) in [6.45, 7) is -0.249. The highest BCUT2D eigenvalue weighted by molar-refractivity contribution is 5.68. The van der Waals surface area contributed by atoms with E-state index in [-0.39, 0.29) is 12.3 Å². The highest BCUT2D eigenvalue weighted by Crippen LogP contribution is 2.26. The maximum absolute atomic E-state index is 10.4. The Morgan fingerprint density at radius 1 is 1.38 bits per heavy atom. The molecule has 0 saturated heterocycles. The number of aliphatic carboxylic acids is 1. The summed E-state index contributed by atoms with van der Waals surface area (Å²) >= 11 is 0. The van der Waals surface area contributed by atoms with Gasteiger partial charge in [-0.3, -0.25) is 4.79 Å². The van der Waals surface area contributed by atoms with E-state index in [0.29, 0.717) is 11.3 Å². The summed E-state index contributed by atoms with van der Waals surface area (Å²) in [6.07, 6.45) is 1.48. The van der Waals surface area contributed by atoms with Crippen molar-refractivity contribution in [3.63, 3.8) is 0 Å². The van der Waals surface area contributed by atoms with Gasteiger partial charge in [0.05, 0.1) is 6.20 Å². The minimum absolute atomic E-state index is 0.0878. The number of phenolic OH excluding ortho intramolecular Hbond substituents is 1. The van der Waals surface area contributed by atoms with E-state index in [9.17, 15) is 9.90 Å². The highest BCUT2D eigenvalue weighted by Gasteiger charge is 2.09. The Labute approximate surface area is 90.8 Å². The van der Waals surface area contributed by atoms with Crippen molar-refractivity contribution >= 4 is 5.97 Å². The van der Waals surface area contributed by atoms with Crippen LogP contribution in [0, 0.1) is 0 Å². The average Bonchev–Trinajstić information content (AvgIpc) is 2.66. The normalized spacial score (nSPS) is 10.2. The van der Waals surface area contributed by atoms with Crippen LogP contribution in [0.4, 0.5) is 0 Å². The van der Waals surface area contributed by atoms with Gasteiger partial charge in [0, 0.05) is 5.56 Å². The molecule has 1 heterocycles. The summed E-state index contributed by atoms with van der Waals surface area (Å²) in [5.41, 5.74) is 0.971. The molecule has 2 aromatic rings. The third-order valence-corrected chi connectivity index (χ3v) is 2.02. The molecule has 0 amide bonds. The van der Waals surface area contributed by atoms with Crippen LogP contribution in [-0.4, -0.2) is 31.2 Å². The molecule has 0 spiro atoms. The van der Waals surface area contributed by atoms with Crippen LogP contribution in [-0.2, 0) is 11.3 Å². The molecule has 0 saturated carbocycles. The maximum Gasteiger partial charge on any atom is 0.325 e. The zero-order valence-electron chi connectivity index (χ0n) is 8.24. The quantitative estimate of drug-likeness (QED) is 0.794. The number of carboxylic acids is 1. The Bertz CT molecular complexity index is 522. The second kappa shape index (κ2) is 4.01. The van der Waals surface area contributed by atoms with E-state index in [0.717, 1.165) is 0 Å². The molecule has 2 rings (SSSR count). The number of nitrogens with zero attached hydrogens (tertiary/aromatic N) is 3. The van der Waals surface area contributed by atoms with E-state index in [2.05, 4.69) is 10.3 Å². The molecule has 0 unspecified atom stereocenters. The van der Waals surface area contributed by atoms with Crippen molar-refractivity contribution in [1.29, 1.82) is 0 Å². The molecule has 0 aliphatic heterocycles. The molecule has 0 fully saturated rings. The van der Waals surface area contributed by atoms with Crippen molar-refractivity contribution in [1.82, 2.24) is 15.0 Å². The second-order valence-corrected chi connectivity index (χ2v) is 3.21. The standard InChI is InChI=1S/C10H9N3O3/c14-9-4-2-1-3-7(9)8-5-13(12-11-8)6-10(15)16/h1-5,14H,6H2,(H,15,16). The van der Waals surface area contributed by atoms with Crippen LogP contribution >= 0.6 is 0 Å². The lowest BCUT2D eigenvalue weighted by Gasteiger charge is -1.98. The first kappa shape index (κ1) is 10.2.